The van der Waals surface area contributed by atoms with E-state index in [-0.39, 0.29) is 12.5 Å². The van der Waals surface area contributed by atoms with Crippen LogP contribution in [0.15, 0.2) is 48.5 Å². The zero-order chi connectivity index (χ0) is 17.8. The van der Waals surface area contributed by atoms with Crippen LogP contribution in [0.2, 0.25) is 0 Å². The molecule has 0 unspecified atom stereocenters. The number of rotatable bonds is 5. The Labute approximate surface area is 147 Å². The lowest BCUT2D eigenvalue weighted by Crippen LogP contribution is -2.21. The fraction of sp³-hybridized carbons (Fsp3) is 0.200. The van der Waals surface area contributed by atoms with E-state index in [1.807, 2.05) is 69.3 Å². The number of carbonyl (C=O) groups excluding carboxylic acids is 1. The second-order valence-corrected chi connectivity index (χ2v) is 5.97. The number of amides is 1. The van der Waals surface area contributed by atoms with E-state index in [2.05, 4.69) is 15.5 Å². The quantitative estimate of drug-likeness (QED) is 0.740. The molecule has 2 aromatic carbocycles. The summed E-state index contributed by atoms with van der Waals surface area (Å²) < 4.78 is 5.65. The van der Waals surface area contributed by atoms with Gasteiger partial charge in [0.1, 0.15) is 5.75 Å². The highest BCUT2D eigenvalue weighted by Crippen LogP contribution is 2.29. The molecule has 2 N–H and O–H groups in total. The summed E-state index contributed by atoms with van der Waals surface area (Å²) >= 11 is 0. The molecule has 3 rings (SSSR count). The first-order valence-electron chi connectivity index (χ1n) is 8.15. The lowest BCUT2D eigenvalue weighted by Gasteiger charge is -2.11. The highest BCUT2D eigenvalue weighted by atomic mass is 16.5. The van der Waals surface area contributed by atoms with Crippen molar-refractivity contribution in [2.24, 2.45) is 0 Å². The maximum Gasteiger partial charge on any atom is 0.263 e. The zero-order valence-corrected chi connectivity index (χ0v) is 14.6. The topological polar surface area (TPSA) is 67.0 Å². The molecule has 5 heteroatoms. The van der Waals surface area contributed by atoms with Crippen molar-refractivity contribution >= 4 is 11.7 Å². The van der Waals surface area contributed by atoms with Gasteiger partial charge in [-0.25, -0.2) is 0 Å². The molecule has 0 saturated heterocycles. The Morgan fingerprint density at radius 1 is 1.08 bits per heavy atom. The Bertz CT molecular complexity index is 885. The summed E-state index contributed by atoms with van der Waals surface area (Å²) in [6.45, 7) is 5.86. The Hall–Kier alpha value is -3.08. The van der Waals surface area contributed by atoms with Crippen LogP contribution in [0.4, 0.5) is 5.82 Å². The number of H-pyrrole nitrogens is 1. The van der Waals surface area contributed by atoms with Crippen molar-refractivity contribution in [3.8, 4) is 16.9 Å². The Morgan fingerprint density at radius 3 is 2.60 bits per heavy atom. The van der Waals surface area contributed by atoms with Crippen LogP contribution >= 0.6 is 0 Å². The molecule has 128 valence electrons. The van der Waals surface area contributed by atoms with Crippen LogP contribution in [-0.4, -0.2) is 22.7 Å². The summed E-state index contributed by atoms with van der Waals surface area (Å²) in [4.78, 5) is 12.3. The van der Waals surface area contributed by atoms with Crippen LogP contribution in [0.3, 0.4) is 0 Å². The minimum atomic E-state index is -0.246. The van der Waals surface area contributed by atoms with E-state index in [1.54, 1.807) is 0 Å². The van der Waals surface area contributed by atoms with Crippen LogP contribution in [0.1, 0.15) is 16.8 Å². The van der Waals surface area contributed by atoms with Crippen molar-refractivity contribution in [1.29, 1.82) is 0 Å². The second-order valence-electron chi connectivity index (χ2n) is 5.97. The highest BCUT2D eigenvalue weighted by molar-refractivity contribution is 5.95. The summed E-state index contributed by atoms with van der Waals surface area (Å²) in [5, 5.41) is 9.96. The number of carbonyl (C=O) groups is 1. The van der Waals surface area contributed by atoms with Gasteiger partial charge in [-0.3, -0.25) is 9.89 Å². The maximum absolute atomic E-state index is 12.3. The number of nitrogens with one attached hydrogen (secondary N) is 2. The molecule has 0 aliphatic rings. The van der Waals surface area contributed by atoms with Crippen molar-refractivity contribution < 1.29 is 9.53 Å². The number of aromatic nitrogens is 2. The summed E-state index contributed by atoms with van der Waals surface area (Å²) in [7, 11) is 0. The van der Waals surface area contributed by atoms with Crippen molar-refractivity contribution in [1.82, 2.24) is 10.2 Å². The molecule has 25 heavy (non-hydrogen) atoms. The Balaban J connectivity index is 1.71. The van der Waals surface area contributed by atoms with Crippen LogP contribution < -0.4 is 10.1 Å². The molecule has 0 spiro atoms. The van der Waals surface area contributed by atoms with E-state index in [9.17, 15) is 4.79 Å². The number of ether oxygens (including phenoxy) is 1. The molecular weight excluding hydrogens is 314 g/mol. The normalized spacial score (nSPS) is 10.5. The Kier molecular flexibility index (Phi) is 4.84. The predicted octanol–water partition coefficient (Wildman–Crippen LogP) is 4.02. The van der Waals surface area contributed by atoms with Gasteiger partial charge in [-0.05, 0) is 43.5 Å². The molecule has 1 heterocycles. The number of aromatic amines is 1. The smallest absolute Gasteiger partial charge is 0.263 e. The minimum Gasteiger partial charge on any atom is -0.483 e. The molecule has 1 amide bonds. The largest absolute Gasteiger partial charge is 0.483 e. The predicted molar refractivity (Wildman–Crippen MR) is 98.8 cm³/mol. The van der Waals surface area contributed by atoms with E-state index < -0.39 is 0 Å². The van der Waals surface area contributed by atoms with Gasteiger partial charge < -0.3 is 10.1 Å². The van der Waals surface area contributed by atoms with Crippen molar-refractivity contribution in [3.63, 3.8) is 0 Å². The maximum atomic E-state index is 12.3. The summed E-state index contributed by atoms with van der Waals surface area (Å²) in [5.74, 6) is 0.986. The van der Waals surface area contributed by atoms with E-state index in [4.69, 9.17) is 4.74 Å². The van der Waals surface area contributed by atoms with Gasteiger partial charge in [-0.1, -0.05) is 42.5 Å². The summed E-state index contributed by atoms with van der Waals surface area (Å²) in [5.41, 5.74) is 4.96. The number of anilines is 1. The average molecular weight is 335 g/mol. The van der Waals surface area contributed by atoms with Crippen LogP contribution in [-0.2, 0) is 4.79 Å². The van der Waals surface area contributed by atoms with Crippen molar-refractivity contribution in [3.05, 3.63) is 65.4 Å². The number of aryl methyl sites for hydroxylation is 2. The third-order valence-electron chi connectivity index (χ3n) is 4.18. The number of benzene rings is 2. The lowest BCUT2D eigenvalue weighted by atomic mass is 10.1. The number of hydrogen-bond acceptors (Lipinski definition) is 3. The monoisotopic (exact) mass is 335 g/mol. The molecule has 1 aromatic heterocycles. The fourth-order valence-corrected chi connectivity index (χ4v) is 2.67. The van der Waals surface area contributed by atoms with Crippen LogP contribution in [0, 0.1) is 20.8 Å². The van der Waals surface area contributed by atoms with Crippen LogP contribution in [0.25, 0.3) is 11.1 Å². The van der Waals surface area contributed by atoms with Crippen molar-refractivity contribution in [2.75, 3.05) is 11.9 Å². The van der Waals surface area contributed by atoms with E-state index in [1.165, 1.54) is 0 Å². The lowest BCUT2D eigenvalue weighted by molar-refractivity contribution is -0.118. The molecule has 0 fully saturated rings. The van der Waals surface area contributed by atoms with E-state index in [0.29, 0.717) is 5.82 Å². The van der Waals surface area contributed by atoms with Gasteiger partial charge in [0.2, 0.25) is 0 Å². The molecule has 0 saturated carbocycles. The third-order valence-corrected chi connectivity index (χ3v) is 4.18. The van der Waals surface area contributed by atoms with Gasteiger partial charge in [-0.15, -0.1) is 0 Å². The van der Waals surface area contributed by atoms with Gasteiger partial charge in [0, 0.05) is 11.3 Å². The highest BCUT2D eigenvalue weighted by Gasteiger charge is 2.15. The molecule has 0 aliphatic carbocycles. The molecule has 3 aromatic rings. The second kappa shape index (κ2) is 7.21. The molecule has 0 atom stereocenters. The fourth-order valence-electron chi connectivity index (χ4n) is 2.67. The first-order valence-corrected chi connectivity index (χ1v) is 8.15. The zero-order valence-electron chi connectivity index (χ0n) is 14.6. The van der Waals surface area contributed by atoms with Gasteiger partial charge >= 0.3 is 0 Å². The minimum absolute atomic E-state index is 0.0650. The summed E-state index contributed by atoms with van der Waals surface area (Å²) in [6, 6.07) is 15.6. The molecule has 0 bridgehead atoms. The van der Waals surface area contributed by atoms with Crippen molar-refractivity contribution in [2.45, 2.75) is 20.8 Å². The molecule has 0 aliphatic heterocycles. The first kappa shape index (κ1) is 16.8. The van der Waals surface area contributed by atoms with E-state index in [0.717, 1.165) is 33.7 Å². The van der Waals surface area contributed by atoms with Gasteiger partial charge in [0.05, 0.1) is 0 Å². The van der Waals surface area contributed by atoms with Gasteiger partial charge in [0.25, 0.3) is 5.91 Å². The molecular formula is C20H21N3O2. The van der Waals surface area contributed by atoms with Gasteiger partial charge in [-0.2, -0.15) is 5.10 Å². The Morgan fingerprint density at radius 2 is 1.84 bits per heavy atom. The molecule has 5 nitrogen and oxygen atoms in total. The SMILES string of the molecule is Cc1cccc(OCC(=O)Nc2n[nH]c(C)c2-c2ccccc2)c1C. The third kappa shape index (κ3) is 3.71. The molecule has 0 radical (unpaired) electrons. The van der Waals surface area contributed by atoms with Crippen LogP contribution in [0.5, 0.6) is 5.75 Å². The van der Waals surface area contributed by atoms with E-state index >= 15 is 0 Å². The van der Waals surface area contributed by atoms with Gasteiger partial charge in [0.15, 0.2) is 12.4 Å². The summed E-state index contributed by atoms with van der Waals surface area (Å²) in [6.07, 6.45) is 0. The number of nitrogens with zero attached hydrogens (tertiary/aromatic N) is 1. The average Bonchev–Trinajstić information content (AvgIpc) is 2.97. The standard InChI is InChI=1S/C20H21N3O2/c1-13-8-7-11-17(14(13)2)25-12-18(24)21-20-19(15(3)22-23-20)16-9-5-4-6-10-16/h4-11H,12H2,1-3H3,(H2,21,22,23,24). The first-order chi connectivity index (χ1) is 12.1. The number of hydrogen-bond donors (Lipinski definition) is 2.